The van der Waals surface area contributed by atoms with E-state index in [4.69, 9.17) is 0 Å². The quantitative estimate of drug-likeness (QED) is 0.788. The van der Waals surface area contributed by atoms with E-state index in [0.717, 1.165) is 0 Å². The molecule has 0 bridgehead atoms. The highest BCUT2D eigenvalue weighted by molar-refractivity contribution is 7.89. The standard InChI is InChI=1S/C11H19F2NO3S/c1-7(2)10(15)9-5-11(12,13)6-14(9)18(16,17)8(3)4/h7-9H,5-6H2,1-4H3. The molecule has 0 spiro atoms. The molecule has 7 heteroatoms. The van der Waals surface area contributed by atoms with Crippen LogP contribution >= 0.6 is 0 Å². The summed E-state index contributed by atoms with van der Waals surface area (Å²) in [6.07, 6.45) is -0.712. The average Bonchev–Trinajstić information content (AvgIpc) is 2.53. The maximum absolute atomic E-state index is 13.4. The number of carbonyl (C=O) groups is 1. The summed E-state index contributed by atoms with van der Waals surface area (Å²) in [6.45, 7) is 5.11. The van der Waals surface area contributed by atoms with E-state index in [1.807, 2.05) is 0 Å². The fourth-order valence-electron chi connectivity index (χ4n) is 1.95. The second-order valence-corrected chi connectivity index (χ2v) is 7.71. The first-order valence-corrected chi connectivity index (χ1v) is 7.41. The molecule has 1 rings (SSSR count). The summed E-state index contributed by atoms with van der Waals surface area (Å²) >= 11 is 0. The molecule has 1 fully saturated rings. The van der Waals surface area contributed by atoms with Gasteiger partial charge in [0, 0.05) is 12.3 Å². The molecule has 0 radical (unpaired) electrons. The zero-order chi connectivity index (χ0) is 14.3. The van der Waals surface area contributed by atoms with Gasteiger partial charge in [-0.2, -0.15) is 4.31 Å². The molecule has 4 nitrogen and oxygen atoms in total. The maximum atomic E-state index is 13.4. The highest BCUT2D eigenvalue weighted by atomic mass is 32.2. The second kappa shape index (κ2) is 4.85. The van der Waals surface area contributed by atoms with Gasteiger partial charge in [-0.25, -0.2) is 17.2 Å². The molecule has 0 saturated carbocycles. The van der Waals surface area contributed by atoms with E-state index in [1.54, 1.807) is 13.8 Å². The lowest BCUT2D eigenvalue weighted by molar-refractivity contribution is -0.125. The minimum atomic E-state index is -3.84. The Morgan fingerprint density at radius 1 is 1.28 bits per heavy atom. The molecule has 0 amide bonds. The van der Waals surface area contributed by atoms with E-state index in [2.05, 4.69) is 0 Å². The van der Waals surface area contributed by atoms with Crippen LogP contribution in [0.1, 0.15) is 34.1 Å². The number of halogens is 2. The first kappa shape index (κ1) is 15.5. The third kappa shape index (κ3) is 2.88. The second-order valence-electron chi connectivity index (χ2n) is 5.27. The Bertz CT molecular complexity index is 432. The minimum Gasteiger partial charge on any atom is -0.298 e. The van der Waals surface area contributed by atoms with E-state index in [1.165, 1.54) is 13.8 Å². The first-order chi connectivity index (χ1) is 7.99. The van der Waals surface area contributed by atoms with Gasteiger partial charge in [-0.15, -0.1) is 0 Å². The number of hydrogen-bond donors (Lipinski definition) is 0. The van der Waals surface area contributed by atoms with Crippen LogP contribution in [-0.2, 0) is 14.8 Å². The Morgan fingerprint density at radius 2 is 1.78 bits per heavy atom. The lowest BCUT2D eigenvalue weighted by atomic mass is 10.00. The van der Waals surface area contributed by atoms with Crippen molar-refractivity contribution in [2.45, 2.75) is 51.3 Å². The molecule has 1 unspecified atom stereocenters. The summed E-state index contributed by atoms with van der Waals surface area (Å²) < 4.78 is 51.5. The van der Waals surface area contributed by atoms with Gasteiger partial charge in [-0.3, -0.25) is 4.79 Å². The molecule has 1 aliphatic rings. The van der Waals surface area contributed by atoms with Gasteiger partial charge in [-0.05, 0) is 13.8 Å². The predicted molar refractivity (Wildman–Crippen MR) is 64.0 cm³/mol. The van der Waals surface area contributed by atoms with Gasteiger partial charge in [0.05, 0.1) is 17.8 Å². The molecule has 0 aromatic rings. The van der Waals surface area contributed by atoms with E-state index < -0.39 is 51.9 Å². The molecule has 0 N–H and O–H groups in total. The largest absolute Gasteiger partial charge is 0.298 e. The van der Waals surface area contributed by atoms with Gasteiger partial charge in [0.25, 0.3) is 5.92 Å². The van der Waals surface area contributed by atoms with Crippen LogP contribution in [0.5, 0.6) is 0 Å². The zero-order valence-electron chi connectivity index (χ0n) is 11.0. The fourth-order valence-corrected chi connectivity index (χ4v) is 3.40. The predicted octanol–water partition coefficient (Wildman–Crippen LogP) is 1.66. The molecular weight excluding hydrogens is 264 g/mol. The molecule has 0 aliphatic carbocycles. The highest BCUT2D eigenvalue weighted by Crippen LogP contribution is 2.36. The Kier molecular flexibility index (Phi) is 4.17. The Labute approximate surface area is 106 Å². The van der Waals surface area contributed by atoms with Crippen LogP contribution in [0.3, 0.4) is 0 Å². The van der Waals surface area contributed by atoms with Gasteiger partial charge in [0.15, 0.2) is 5.78 Å². The lowest BCUT2D eigenvalue weighted by Crippen LogP contribution is -2.45. The van der Waals surface area contributed by atoms with Gasteiger partial charge in [-0.1, -0.05) is 13.8 Å². The number of sulfonamides is 1. The number of rotatable bonds is 4. The SMILES string of the molecule is CC(C)C(=O)C1CC(F)(F)CN1S(=O)(=O)C(C)C. The van der Waals surface area contributed by atoms with Crippen molar-refractivity contribution in [3.63, 3.8) is 0 Å². The van der Waals surface area contributed by atoms with Gasteiger partial charge >= 0.3 is 0 Å². The van der Waals surface area contributed by atoms with E-state index in [9.17, 15) is 22.0 Å². The number of Topliss-reactive ketones (excluding diaryl/α,β-unsaturated/α-hetero) is 1. The van der Waals surface area contributed by atoms with Crippen LogP contribution in [0.4, 0.5) is 8.78 Å². The van der Waals surface area contributed by atoms with Crippen LogP contribution in [0, 0.1) is 5.92 Å². The average molecular weight is 283 g/mol. The lowest BCUT2D eigenvalue weighted by Gasteiger charge is -2.25. The van der Waals surface area contributed by atoms with Crippen molar-refractivity contribution in [1.29, 1.82) is 0 Å². The third-order valence-corrected chi connectivity index (χ3v) is 5.28. The third-order valence-electron chi connectivity index (χ3n) is 3.05. The number of hydrogen-bond acceptors (Lipinski definition) is 3. The number of nitrogens with zero attached hydrogens (tertiary/aromatic N) is 1. The van der Waals surface area contributed by atoms with Crippen molar-refractivity contribution in [3.8, 4) is 0 Å². The van der Waals surface area contributed by atoms with Crippen molar-refractivity contribution >= 4 is 15.8 Å². The van der Waals surface area contributed by atoms with E-state index in [-0.39, 0.29) is 0 Å². The molecule has 1 heterocycles. The summed E-state index contributed by atoms with van der Waals surface area (Å²) in [7, 11) is -3.84. The molecule has 1 atom stereocenters. The minimum absolute atomic E-state index is 0.448. The van der Waals surface area contributed by atoms with E-state index in [0.29, 0.717) is 4.31 Å². The van der Waals surface area contributed by atoms with Crippen LogP contribution in [-0.4, -0.2) is 42.3 Å². The Balaban J connectivity index is 3.12. The Morgan fingerprint density at radius 3 is 2.17 bits per heavy atom. The maximum Gasteiger partial charge on any atom is 0.263 e. The molecule has 1 saturated heterocycles. The van der Waals surface area contributed by atoms with Crippen molar-refractivity contribution in [1.82, 2.24) is 4.31 Å². The summed E-state index contributed by atoms with van der Waals surface area (Å²) in [5.41, 5.74) is 0. The van der Waals surface area contributed by atoms with Crippen LogP contribution in [0.25, 0.3) is 0 Å². The monoisotopic (exact) mass is 283 g/mol. The smallest absolute Gasteiger partial charge is 0.263 e. The number of carbonyl (C=O) groups excluding carboxylic acids is 1. The topological polar surface area (TPSA) is 54.5 Å². The zero-order valence-corrected chi connectivity index (χ0v) is 11.8. The molecule has 106 valence electrons. The van der Waals surface area contributed by atoms with Crippen LogP contribution in [0.15, 0.2) is 0 Å². The molecule has 0 aromatic carbocycles. The number of alkyl halides is 2. The van der Waals surface area contributed by atoms with Gasteiger partial charge < -0.3 is 0 Å². The first-order valence-electron chi connectivity index (χ1n) is 5.91. The normalized spacial score (nSPS) is 25.0. The van der Waals surface area contributed by atoms with Gasteiger partial charge in [0.1, 0.15) is 0 Å². The van der Waals surface area contributed by atoms with E-state index >= 15 is 0 Å². The van der Waals surface area contributed by atoms with Gasteiger partial charge in [0.2, 0.25) is 10.0 Å². The Hall–Kier alpha value is -0.560. The molecular formula is C11H19F2NO3S. The molecule has 1 aliphatic heterocycles. The molecule has 0 aromatic heterocycles. The van der Waals surface area contributed by atoms with Crippen molar-refractivity contribution in [3.05, 3.63) is 0 Å². The summed E-state index contributed by atoms with van der Waals surface area (Å²) in [5, 5.41) is -0.811. The highest BCUT2D eigenvalue weighted by Gasteiger charge is 2.53. The fraction of sp³-hybridized carbons (Fsp3) is 0.909. The molecule has 18 heavy (non-hydrogen) atoms. The number of ketones is 1. The summed E-state index contributed by atoms with van der Waals surface area (Å²) in [6, 6.07) is -1.23. The van der Waals surface area contributed by atoms with Crippen molar-refractivity contribution in [2.75, 3.05) is 6.54 Å². The van der Waals surface area contributed by atoms with Crippen molar-refractivity contribution in [2.24, 2.45) is 5.92 Å². The summed E-state index contributed by atoms with van der Waals surface area (Å²) in [4.78, 5) is 11.9. The van der Waals surface area contributed by atoms with Crippen LogP contribution < -0.4 is 0 Å². The summed E-state index contributed by atoms with van der Waals surface area (Å²) in [5.74, 6) is -4.04. The van der Waals surface area contributed by atoms with Crippen LogP contribution in [0.2, 0.25) is 0 Å². The van der Waals surface area contributed by atoms with Crippen molar-refractivity contribution < 1.29 is 22.0 Å².